The molecule has 1 aromatic heterocycles. The highest BCUT2D eigenvalue weighted by Gasteiger charge is 2.26. The van der Waals surface area contributed by atoms with E-state index in [0.717, 1.165) is 18.7 Å². The molecule has 1 aliphatic carbocycles. The minimum atomic E-state index is -0.162. The van der Waals surface area contributed by atoms with E-state index in [1.165, 1.54) is 6.42 Å². The molecule has 1 aliphatic rings. The summed E-state index contributed by atoms with van der Waals surface area (Å²) in [7, 11) is 0. The van der Waals surface area contributed by atoms with Gasteiger partial charge in [-0.1, -0.05) is 13.8 Å². The first-order valence-corrected chi connectivity index (χ1v) is 7.65. The molecule has 5 nitrogen and oxygen atoms in total. The molecular formula is C12H20N4OS. The first-order chi connectivity index (χ1) is 8.60. The largest absolute Gasteiger partial charge is 0.346 e. The van der Waals surface area contributed by atoms with E-state index in [4.69, 9.17) is 0 Å². The van der Waals surface area contributed by atoms with E-state index >= 15 is 0 Å². The van der Waals surface area contributed by atoms with Gasteiger partial charge in [-0.15, -0.1) is 5.10 Å². The zero-order valence-corrected chi connectivity index (χ0v) is 11.9. The smallest absolute Gasteiger partial charge is 0.291 e. The van der Waals surface area contributed by atoms with E-state index in [2.05, 4.69) is 26.8 Å². The molecular weight excluding hydrogens is 248 g/mol. The van der Waals surface area contributed by atoms with E-state index in [0.29, 0.717) is 5.25 Å². The van der Waals surface area contributed by atoms with Crippen molar-refractivity contribution in [3.63, 3.8) is 0 Å². The predicted octanol–water partition coefficient (Wildman–Crippen LogP) is 1.94. The topological polar surface area (TPSA) is 70.7 Å². The molecule has 18 heavy (non-hydrogen) atoms. The molecule has 2 rings (SSSR count). The van der Waals surface area contributed by atoms with E-state index in [1.807, 2.05) is 25.6 Å². The molecule has 0 aliphatic heterocycles. The summed E-state index contributed by atoms with van der Waals surface area (Å²) < 4.78 is 0. The Hall–Kier alpha value is -1.04. The molecule has 6 heteroatoms. The van der Waals surface area contributed by atoms with Crippen molar-refractivity contribution in [3.05, 3.63) is 11.6 Å². The van der Waals surface area contributed by atoms with Gasteiger partial charge in [0, 0.05) is 17.2 Å². The molecule has 1 fully saturated rings. The van der Waals surface area contributed by atoms with E-state index < -0.39 is 0 Å². The van der Waals surface area contributed by atoms with Crippen molar-refractivity contribution >= 4 is 17.7 Å². The van der Waals surface area contributed by atoms with E-state index in [9.17, 15) is 4.79 Å². The summed E-state index contributed by atoms with van der Waals surface area (Å²) in [6.45, 7) is 4.03. The van der Waals surface area contributed by atoms with Gasteiger partial charge in [-0.05, 0) is 25.5 Å². The van der Waals surface area contributed by atoms with E-state index in [1.54, 1.807) is 0 Å². The molecule has 2 atom stereocenters. The molecule has 1 saturated carbocycles. The van der Waals surface area contributed by atoms with Gasteiger partial charge in [-0.25, -0.2) is 4.98 Å². The molecule has 0 bridgehead atoms. The second-order valence-corrected chi connectivity index (χ2v) is 6.18. The van der Waals surface area contributed by atoms with Crippen molar-refractivity contribution in [3.8, 4) is 0 Å². The minimum Gasteiger partial charge on any atom is -0.346 e. The van der Waals surface area contributed by atoms with Crippen molar-refractivity contribution in [2.45, 2.75) is 50.3 Å². The minimum absolute atomic E-state index is 0.162. The summed E-state index contributed by atoms with van der Waals surface area (Å²) in [5.41, 5.74) is 0. The lowest BCUT2D eigenvalue weighted by Crippen LogP contribution is -2.33. The van der Waals surface area contributed by atoms with Gasteiger partial charge in [0.05, 0.1) is 0 Å². The summed E-state index contributed by atoms with van der Waals surface area (Å²) in [4.78, 5) is 16.2. The van der Waals surface area contributed by atoms with Crippen LogP contribution >= 0.6 is 11.8 Å². The number of carbonyl (C=O) groups is 1. The van der Waals surface area contributed by atoms with Crippen molar-refractivity contribution < 1.29 is 4.79 Å². The standard InChI is InChI=1S/C12H20N4OS/c1-7(2)10-14-11(16-15-10)12(17)13-8-4-5-9(6-8)18-3/h7-9H,4-6H2,1-3H3,(H,13,17)(H,14,15,16). The van der Waals surface area contributed by atoms with Gasteiger partial charge in [0.15, 0.2) is 0 Å². The molecule has 100 valence electrons. The zero-order valence-electron chi connectivity index (χ0n) is 11.1. The highest BCUT2D eigenvalue weighted by molar-refractivity contribution is 7.99. The number of amides is 1. The third-order valence-electron chi connectivity index (χ3n) is 3.31. The number of thioether (sulfide) groups is 1. The molecule has 1 amide bonds. The fraction of sp³-hybridized carbons (Fsp3) is 0.750. The molecule has 1 heterocycles. The fourth-order valence-corrected chi connectivity index (χ4v) is 2.97. The number of carbonyl (C=O) groups excluding carboxylic acids is 1. The number of hydrogen-bond donors (Lipinski definition) is 2. The lowest BCUT2D eigenvalue weighted by atomic mass is 10.2. The highest BCUT2D eigenvalue weighted by atomic mass is 32.2. The molecule has 2 unspecified atom stereocenters. The average molecular weight is 268 g/mol. The van der Waals surface area contributed by atoms with Crippen LogP contribution in [0.3, 0.4) is 0 Å². The van der Waals surface area contributed by atoms with Gasteiger partial charge in [-0.2, -0.15) is 11.8 Å². The summed E-state index contributed by atoms with van der Waals surface area (Å²) >= 11 is 1.88. The second-order valence-electron chi connectivity index (χ2n) is 5.04. The third kappa shape index (κ3) is 3.04. The number of nitrogens with zero attached hydrogens (tertiary/aromatic N) is 2. The van der Waals surface area contributed by atoms with Crippen LogP contribution in [0, 0.1) is 0 Å². The van der Waals surface area contributed by atoms with Gasteiger partial charge >= 0.3 is 0 Å². The summed E-state index contributed by atoms with van der Waals surface area (Å²) in [5, 5.41) is 10.5. The monoisotopic (exact) mass is 268 g/mol. The SMILES string of the molecule is CSC1CCC(NC(=O)c2n[nH]c(C(C)C)n2)C1. The maximum Gasteiger partial charge on any atom is 0.291 e. The average Bonchev–Trinajstić information content (AvgIpc) is 2.97. The Morgan fingerprint density at radius 1 is 1.50 bits per heavy atom. The molecule has 0 spiro atoms. The maximum absolute atomic E-state index is 12.0. The van der Waals surface area contributed by atoms with Crippen molar-refractivity contribution in [1.82, 2.24) is 20.5 Å². The number of H-pyrrole nitrogens is 1. The van der Waals surface area contributed by atoms with Crippen molar-refractivity contribution in [2.24, 2.45) is 0 Å². The van der Waals surface area contributed by atoms with E-state index in [-0.39, 0.29) is 23.7 Å². The summed E-state index contributed by atoms with van der Waals surface area (Å²) in [6, 6.07) is 0.274. The van der Waals surface area contributed by atoms with Gasteiger partial charge in [-0.3, -0.25) is 9.89 Å². The first-order valence-electron chi connectivity index (χ1n) is 6.36. The van der Waals surface area contributed by atoms with Gasteiger partial charge in [0.2, 0.25) is 5.82 Å². The lowest BCUT2D eigenvalue weighted by molar-refractivity contribution is 0.0928. The Morgan fingerprint density at radius 2 is 2.28 bits per heavy atom. The van der Waals surface area contributed by atoms with Crippen LogP contribution in [-0.4, -0.2) is 38.6 Å². The van der Waals surface area contributed by atoms with Crippen LogP contribution in [0.4, 0.5) is 0 Å². The normalized spacial score (nSPS) is 23.6. The molecule has 0 radical (unpaired) electrons. The van der Waals surface area contributed by atoms with Crippen molar-refractivity contribution in [2.75, 3.05) is 6.26 Å². The number of rotatable bonds is 4. The van der Waals surface area contributed by atoms with Crippen LogP contribution in [0.5, 0.6) is 0 Å². The van der Waals surface area contributed by atoms with Crippen LogP contribution in [-0.2, 0) is 0 Å². The van der Waals surface area contributed by atoms with Crippen LogP contribution in [0.15, 0.2) is 0 Å². The Balaban J connectivity index is 1.91. The summed E-state index contributed by atoms with van der Waals surface area (Å²) in [5.74, 6) is 1.11. The summed E-state index contributed by atoms with van der Waals surface area (Å²) in [6.07, 6.45) is 5.41. The van der Waals surface area contributed by atoms with Gasteiger partial charge in [0.25, 0.3) is 5.91 Å². The highest BCUT2D eigenvalue weighted by Crippen LogP contribution is 2.28. The third-order valence-corrected chi connectivity index (χ3v) is 4.40. The quantitative estimate of drug-likeness (QED) is 0.875. The molecule has 0 saturated heterocycles. The van der Waals surface area contributed by atoms with Crippen LogP contribution in [0.1, 0.15) is 55.5 Å². The fourth-order valence-electron chi connectivity index (χ4n) is 2.17. The van der Waals surface area contributed by atoms with Crippen LogP contribution in [0.25, 0.3) is 0 Å². The number of aromatic nitrogens is 3. The Morgan fingerprint density at radius 3 is 2.83 bits per heavy atom. The number of hydrogen-bond acceptors (Lipinski definition) is 4. The van der Waals surface area contributed by atoms with Crippen molar-refractivity contribution in [1.29, 1.82) is 0 Å². The second kappa shape index (κ2) is 5.73. The van der Waals surface area contributed by atoms with Crippen LogP contribution in [0.2, 0.25) is 0 Å². The molecule has 0 aromatic carbocycles. The molecule has 1 aromatic rings. The maximum atomic E-state index is 12.0. The van der Waals surface area contributed by atoms with Crippen LogP contribution < -0.4 is 5.32 Å². The Kier molecular flexibility index (Phi) is 4.27. The Bertz CT molecular complexity index is 418. The van der Waals surface area contributed by atoms with Gasteiger partial charge in [0.1, 0.15) is 5.82 Å². The zero-order chi connectivity index (χ0) is 13.1. The number of aromatic amines is 1. The number of nitrogens with one attached hydrogen (secondary N) is 2. The molecule has 2 N–H and O–H groups in total. The first kappa shape index (κ1) is 13.4. The lowest BCUT2D eigenvalue weighted by Gasteiger charge is -2.10. The van der Waals surface area contributed by atoms with Gasteiger partial charge < -0.3 is 5.32 Å². The Labute approximate surface area is 112 Å². The predicted molar refractivity (Wildman–Crippen MR) is 72.9 cm³/mol.